The molecule has 0 aromatic heterocycles. The van der Waals surface area contributed by atoms with Gasteiger partial charge in [-0.15, -0.1) is 11.6 Å². The van der Waals surface area contributed by atoms with Crippen LogP contribution in [0.1, 0.15) is 25.8 Å². The first-order valence-electron chi connectivity index (χ1n) is 6.21. The fourth-order valence-electron chi connectivity index (χ4n) is 2.56. The van der Waals surface area contributed by atoms with Crippen molar-refractivity contribution in [3.8, 4) is 0 Å². The number of hydrogen-bond donors (Lipinski definition) is 0. The number of para-hydroxylation sites is 1. The predicted molar refractivity (Wildman–Crippen MR) is 71.1 cm³/mol. The van der Waals surface area contributed by atoms with Gasteiger partial charge in [0, 0.05) is 19.0 Å². The maximum absolute atomic E-state index is 13.9. The summed E-state index contributed by atoms with van der Waals surface area (Å²) in [5.41, 5.74) is 1.61. The molecule has 0 bridgehead atoms. The van der Waals surface area contributed by atoms with Crippen molar-refractivity contribution in [3.05, 3.63) is 29.6 Å². The van der Waals surface area contributed by atoms with E-state index in [0.717, 1.165) is 25.1 Å². The molecule has 0 N–H and O–H groups in total. The molecule has 1 atom stereocenters. The van der Waals surface area contributed by atoms with E-state index in [1.54, 1.807) is 6.07 Å². The summed E-state index contributed by atoms with van der Waals surface area (Å²) in [4.78, 5) is 2.15. The van der Waals surface area contributed by atoms with Crippen LogP contribution in [-0.4, -0.2) is 13.1 Å². The Labute approximate surface area is 108 Å². The van der Waals surface area contributed by atoms with Crippen molar-refractivity contribution in [1.82, 2.24) is 0 Å². The van der Waals surface area contributed by atoms with Crippen LogP contribution >= 0.6 is 11.6 Å². The van der Waals surface area contributed by atoms with Gasteiger partial charge in [-0.05, 0) is 29.9 Å². The fraction of sp³-hybridized carbons (Fsp3) is 0.571. The molecule has 1 saturated heterocycles. The summed E-state index contributed by atoms with van der Waals surface area (Å²) < 4.78 is 13.9. The molecule has 0 amide bonds. The molecule has 0 radical (unpaired) electrons. The molecular weight excluding hydrogens is 237 g/mol. The summed E-state index contributed by atoms with van der Waals surface area (Å²) in [5.74, 6) is 1.55. The fourth-order valence-corrected chi connectivity index (χ4v) is 2.77. The molecule has 1 unspecified atom stereocenters. The lowest BCUT2D eigenvalue weighted by molar-refractivity contribution is 0.422. The van der Waals surface area contributed by atoms with E-state index in [2.05, 4.69) is 18.7 Å². The molecule has 1 aliphatic heterocycles. The van der Waals surface area contributed by atoms with Gasteiger partial charge in [-0.1, -0.05) is 26.0 Å². The van der Waals surface area contributed by atoms with Gasteiger partial charge in [0.2, 0.25) is 0 Å². The molecule has 1 aliphatic rings. The summed E-state index contributed by atoms with van der Waals surface area (Å²) in [6, 6.07) is 5.16. The molecule has 0 saturated carbocycles. The highest BCUT2D eigenvalue weighted by Crippen LogP contribution is 2.32. The number of anilines is 1. The minimum Gasteiger partial charge on any atom is -0.369 e. The molecule has 94 valence electrons. The van der Waals surface area contributed by atoms with Crippen molar-refractivity contribution in [3.63, 3.8) is 0 Å². The standard InChI is InChI=1S/C14H19ClFN/c1-10(2)12-6-7-17(9-12)14-11(8-15)4-3-5-13(14)16/h3-5,10,12H,6-9H2,1-2H3. The summed E-state index contributed by atoms with van der Waals surface area (Å²) >= 11 is 5.89. The van der Waals surface area contributed by atoms with Crippen molar-refractivity contribution in [1.29, 1.82) is 0 Å². The number of rotatable bonds is 3. The number of nitrogens with zero attached hydrogens (tertiary/aromatic N) is 1. The topological polar surface area (TPSA) is 3.24 Å². The Morgan fingerprint density at radius 2 is 2.24 bits per heavy atom. The molecule has 1 aromatic rings. The van der Waals surface area contributed by atoms with Crippen LogP contribution in [0.4, 0.5) is 10.1 Å². The van der Waals surface area contributed by atoms with Crippen molar-refractivity contribution in [2.75, 3.05) is 18.0 Å². The second-order valence-electron chi connectivity index (χ2n) is 5.12. The molecule has 1 fully saturated rings. The van der Waals surface area contributed by atoms with E-state index in [9.17, 15) is 4.39 Å². The van der Waals surface area contributed by atoms with Gasteiger partial charge in [-0.25, -0.2) is 4.39 Å². The number of halogens is 2. The zero-order valence-electron chi connectivity index (χ0n) is 10.4. The number of hydrogen-bond acceptors (Lipinski definition) is 1. The number of benzene rings is 1. The van der Waals surface area contributed by atoms with Crippen LogP contribution in [0, 0.1) is 17.7 Å². The molecule has 1 nitrogen and oxygen atoms in total. The van der Waals surface area contributed by atoms with Crippen LogP contribution < -0.4 is 4.90 Å². The summed E-state index contributed by atoms with van der Waals surface area (Å²) in [6.07, 6.45) is 1.15. The van der Waals surface area contributed by atoms with Crippen LogP contribution in [0.15, 0.2) is 18.2 Å². The van der Waals surface area contributed by atoms with E-state index in [1.165, 1.54) is 6.07 Å². The van der Waals surface area contributed by atoms with Crippen LogP contribution in [-0.2, 0) is 5.88 Å². The van der Waals surface area contributed by atoms with Gasteiger partial charge in [0.25, 0.3) is 0 Å². The first-order valence-corrected chi connectivity index (χ1v) is 6.75. The van der Waals surface area contributed by atoms with Gasteiger partial charge >= 0.3 is 0 Å². The lowest BCUT2D eigenvalue weighted by Crippen LogP contribution is -2.23. The third-order valence-electron chi connectivity index (χ3n) is 3.70. The lowest BCUT2D eigenvalue weighted by Gasteiger charge is -2.23. The zero-order chi connectivity index (χ0) is 12.4. The van der Waals surface area contributed by atoms with E-state index in [0.29, 0.717) is 23.4 Å². The monoisotopic (exact) mass is 255 g/mol. The van der Waals surface area contributed by atoms with E-state index in [-0.39, 0.29) is 5.82 Å². The quantitative estimate of drug-likeness (QED) is 0.737. The smallest absolute Gasteiger partial charge is 0.146 e. The second-order valence-corrected chi connectivity index (χ2v) is 5.39. The average Bonchev–Trinajstić information content (AvgIpc) is 2.77. The van der Waals surface area contributed by atoms with E-state index in [4.69, 9.17) is 11.6 Å². The third-order valence-corrected chi connectivity index (χ3v) is 3.99. The van der Waals surface area contributed by atoms with Crippen molar-refractivity contribution >= 4 is 17.3 Å². The molecule has 0 spiro atoms. The molecule has 17 heavy (non-hydrogen) atoms. The summed E-state index contributed by atoms with van der Waals surface area (Å²) in [5, 5.41) is 0. The molecule has 1 heterocycles. The Balaban J connectivity index is 2.24. The Morgan fingerprint density at radius 1 is 1.47 bits per heavy atom. The first kappa shape index (κ1) is 12.7. The van der Waals surface area contributed by atoms with Crippen molar-refractivity contribution in [2.24, 2.45) is 11.8 Å². The van der Waals surface area contributed by atoms with Gasteiger partial charge in [0.05, 0.1) is 5.69 Å². The SMILES string of the molecule is CC(C)C1CCN(c2c(F)cccc2CCl)C1. The van der Waals surface area contributed by atoms with E-state index >= 15 is 0 Å². The first-order chi connectivity index (χ1) is 8.13. The minimum absolute atomic E-state index is 0.146. The summed E-state index contributed by atoms with van der Waals surface area (Å²) in [6.45, 7) is 6.35. The minimum atomic E-state index is -0.146. The Kier molecular flexibility index (Phi) is 3.93. The second kappa shape index (κ2) is 5.26. The van der Waals surface area contributed by atoms with Crippen LogP contribution in [0.5, 0.6) is 0 Å². The predicted octanol–water partition coefficient (Wildman–Crippen LogP) is 4.05. The van der Waals surface area contributed by atoms with Crippen LogP contribution in [0.3, 0.4) is 0 Å². The third kappa shape index (κ3) is 2.57. The van der Waals surface area contributed by atoms with Crippen LogP contribution in [0.2, 0.25) is 0 Å². The van der Waals surface area contributed by atoms with E-state index < -0.39 is 0 Å². The normalized spacial score (nSPS) is 20.3. The number of alkyl halides is 1. The van der Waals surface area contributed by atoms with E-state index in [1.807, 2.05) is 6.07 Å². The maximum Gasteiger partial charge on any atom is 0.146 e. The van der Waals surface area contributed by atoms with Gasteiger partial charge in [0.1, 0.15) is 5.82 Å². The Morgan fingerprint density at radius 3 is 2.82 bits per heavy atom. The van der Waals surface area contributed by atoms with Crippen LogP contribution in [0.25, 0.3) is 0 Å². The highest BCUT2D eigenvalue weighted by atomic mass is 35.5. The van der Waals surface area contributed by atoms with Gasteiger partial charge in [0.15, 0.2) is 0 Å². The molecule has 1 aromatic carbocycles. The lowest BCUT2D eigenvalue weighted by atomic mass is 9.95. The van der Waals surface area contributed by atoms with Gasteiger partial charge in [-0.2, -0.15) is 0 Å². The van der Waals surface area contributed by atoms with Crippen molar-refractivity contribution in [2.45, 2.75) is 26.1 Å². The largest absolute Gasteiger partial charge is 0.369 e. The molecule has 0 aliphatic carbocycles. The molecule has 3 heteroatoms. The zero-order valence-corrected chi connectivity index (χ0v) is 11.2. The van der Waals surface area contributed by atoms with Gasteiger partial charge in [-0.3, -0.25) is 0 Å². The highest BCUT2D eigenvalue weighted by Gasteiger charge is 2.27. The van der Waals surface area contributed by atoms with Gasteiger partial charge < -0.3 is 4.90 Å². The summed E-state index contributed by atoms with van der Waals surface area (Å²) in [7, 11) is 0. The van der Waals surface area contributed by atoms with Crippen molar-refractivity contribution < 1.29 is 4.39 Å². The maximum atomic E-state index is 13.9. The molecule has 2 rings (SSSR count). The highest BCUT2D eigenvalue weighted by molar-refractivity contribution is 6.17. The molecular formula is C14H19ClFN. The Hall–Kier alpha value is -0.760. The Bertz CT molecular complexity index is 392. The average molecular weight is 256 g/mol.